The minimum Gasteiger partial charge on any atom is -0.312 e. The molecule has 0 spiro atoms. The summed E-state index contributed by atoms with van der Waals surface area (Å²) in [4.78, 5) is 13.5. The van der Waals surface area contributed by atoms with E-state index in [0.717, 1.165) is 33.5 Å². The van der Waals surface area contributed by atoms with E-state index in [-0.39, 0.29) is 5.91 Å². The number of hydrogen-bond acceptors (Lipinski definition) is 4. The van der Waals surface area contributed by atoms with Crippen LogP contribution < -0.4 is 10.6 Å². The molecule has 1 aliphatic heterocycles. The third-order valence-corrected chi connectivity index (χ3v) is 5.17. The predicted molar refractivity (Wildman–Crippen MR) is 91.6 cm³/mol. The predicted octanol–water partition coefficient (Wildman–Crippen LogP) is 3.12. The number of nitrogens with one attached hydrogen (secondary N) is 2. The summed E-state index contributed by atoms with van der Waals surface area (Å²) in [5.41, 5.74) is 2.31. The van der Waals surface area contributed by atoms with Gasteiger partial charge in [0.2, 0.25) is 0 Å². The summed E-state index contributed by atoms with van der Waals surface area (Å²) >= 11 is 3.67. The summed E-state index contributed by atoms with van der Waals surface area (Å²) < 4.78 is 1.01. The highest BCUT2D eigenvalue weighted by Gasteiger charge is 2.21. The maximum absolute atomic E-state index is 12.3. The number of fused-ring (bicyclic) bond motifs is 1. The Kier molecular flexibility index (Phi) is 4.24. The van der Waals surface area contributed by atoms with Crippen LogP contribution in [0.4, 0.5) is 5.00 Å². The number of thiophene rings is 1. The highest BCUT2D eigenvalue weighted by Crippen LogP contribution is 2.35. The van der Waals surface area contributed by atoms with Crippen molar-refractivity contribution in [2.45, 2.75) is 13.0 Å². The maximum atomic E-state index is 12.3. The molecule has 0 bridgehead atoms. The molecule has 1 amide bonds. The minimum atomic E-state index is -0.170. The molecule has 0 atom stereocenters. The molecule has 0 aliphatic carbocycles. The third-order valence-electron chi connectivity index (χ3n) is 3.35. The van der Waals surface area contributed by atoms with E-state index in [2.05, 4.69) is 39.3 Å². The number of anilines is 1. The van der Waals surface area contributed by atoms with Gasteiger partial charge in [-0.25, -0.2) is 0 Å². The molecule has 21 heavy (non-hydrogen) atoms. The van der Waals surface area contributed by atoms with Crippen LogP contribution in [-0.4, -0.2) is 12.5 Å². The monoisotopic (exact) mass is 409 g/mol. The van der Waals surface area contributed by atoms with Gasteiger partial charge in [-0.2, -0.15) is 5.26 Å². The molecule has 6 heteroatoms. The Morgan fingerprint density at radius 1 is 1.48 bits per heavy atom. The van der Waals surface area contributed by atoms with E-state index < -0.39 is 0 Å². The highest BCUT2D eigenvalue weighted by atomic mass is 127. The Bertz CT molecular complexity index is 748. The molecule has 1 aromatic heterocycles. The molecule has 0 radical (unpaired) electrons. The Hall–Kier alpha value is -1.43. The van der Waals surface area contributed by atoms with Crippen LogP contribution in [0, 0.1) is 14.9 Å². The van der Waals surface area contributed by atoms with E-state index >= 15 is 0 Å². The van der Waals surface area contributed by atoms with Crippen LogP contribution in [0.2, 0.25) is 0 Å². The van der Waals surface area contributed by atoms with Gasteiger partial charge in [0.25, 0.3) is 5.91 Å². The van der Waals surface area contributed by atoms with Gasteiger partial charge in [0.05, 0.1) is 5.56 Å². The average molecular weight is 409 g/mol. The number of nitrogens with zero attached hydrogens (tertiary/aromatic N) is 1. The van der Waals surface area contributed by atoms with E-state index in [1.165, 1.54) is 11.3 Å². The van der Waals surface area contributed by atoms with Crippen molar-refractivity contribution in [3.63, 3.8) is 0 Å². The lowest BCUT2D eigenvalue weighted by atomic mass is 10.0. The van der Waals surface area contributed by atoms with Crippen molar-refractivity contribution in [2.24, 2.45) is 0 Å². The van der Waals surface area contributed by atoms with Crippen LogP contribution in [-0.2, 0) is 13.0 Å². The number of benzene rings is 1. The SMILES string of the molecule is N#Cc1c(NC(=O)c2cccc(I)c2)sc2c1CCNC2. The van der Waals surface area contributed by atoms with Gasteiger partial charge in [0, 0.05) is 20.6 Å². The van der Waals surface area contributed by atoms with Gasteiger partial charge in [0.1, 0.15) is 11.1 Å². The number of nitriles is 1. The second-order valence-corrected chi connectivity index (χ2v) is 7.06. The third kappa shape index (κ3) is 2.95. The largest absolute Gasteiger partial charge is 0.312 e. The van der Waals surface area contributed by atoms with Crippen molar-refractivity contribution >= 4 is 44.8 Å². The van der Waals surface area contributed by atoms with Gasteiger partial charge in [-0.15, -0.1) is 11.3 Å². The highest BCUT2D eigenvalue weighted by molar-refractivity contribution is 14.1. The summed E-state index contributed by atoms with van der Waals surface area (Å²) in [7, 11) is 0. The molecule has 1 aliphatic rings. The molecular weight excluding hydrogens is 397 g/mol. The second-order valence-electron chi connectivity index (χ2n) is 4.71. The van der Waals surface area contributed by atoms with Gasteiger partial charge in [-0.05, 0) is 59.3 Å². The molecule has 0 saturated heterocycles. The summed E-state index contributed by atoms with van der Waals surface area (Å²) in [5, 5.41) is 16.2. The van der Waals surface area contributed by atoms with E-state index in [4.69, 9.17) is 0 Å². The molecule has 2 N–H and O–H groups in total. The van der Waals surface area contributed by atoms with Crippen LogP contribution in [0.5, 0.6) is 0 Å². The van der Waals surface area contributed by atoms with Crippen LogP contribution in [0.1, 0.15) is 26.4 Å². The lowest BCUT2D eigenvalue weighted by Crippen LogP contribution is -2.22. The van der Waals surface area contributed by atoms with Crippen molar-refractivity contribution in [1.29, 1.82) is 5.26 Å². The molecule has 2 aromatic rings. The molecule has 0 fully saturated rings. The number of hydrogen-bond donors (Lipinski definition) is 2. The zero-order valence-corrected chi connectivity index (χ0v) is 14.0. The molecule has 2 heterocycles. The van der Waals surface area contributed by atoms with Crippen LogP contribution >= 0.6 is 33.9 Å². The first-order valence-corrected chi connectivity index (χ1v) is 8.41. The van der Waals surface area contributed by atoms with Crippen LogP contribution in [0.25, 0.3) is 0 Å². The lowest BCUT2D eigenvalue weighted by Gasteiger charge is -2.11. The van der Waals surface area contributed by atoms with Crippen molar-refractivity contribution in [3.05, 3.63) is 49.4 Å². The quantitative estimate of drug-likeness (QED) is 0.750. The van der Waals surface area contributed by atoms with E-state index in [1.807, 2.05) is 18.2 Å². The zero-order valence-electron chi connectivity index (χ0n) is 11.1. The molecule has 106 valence electrons. The maximum Gasteiger partial charge on any atom is 0.256 e. The molecule has 3 rings (SSSR count). The van der Waals surface area contributed by atoms with E-state index in [0.29, 0.717) is 16.1 Å². The Balaban J connectivity index is 1.90. The van der Waals surface area contributed by atoms with Crippen molar-refractivity contribution in [3.8, 4) is 6.07 Å². The first-order valence-electron chi connectivity index (χ1n) is 6.51. The summed E-state index contributed by atoms with van der Waals surface area (Å²) in [6.07, 6.45) is 0.841. The van der Waals surface area contributed by atoms with Gasteiger partial charge in [0.15, 0.2) is 0 Å². The van der Waals surface area contributed by atoms with Crippen molar-refractivity contribution in [2.75, 3.05) is 11.9 Å². The number of amides is 1. The summed E-state index contributed by atoms with van der Waals surface area (Å²) in [5.74, 6) is -0.170. The molecule has 0 unspecified atom stereocenters. The molecule has 4 nitrogen and oxygen atoms in total. The van der Waals surface area contributed by atoms with E-state index in [1.54, 1.807) is 6.07 Å². The van der Waals surface area contributed by atoms with Gasteiger partial charge < -0.3 is 10.6 Å². The zero-order chi connectivity index (χ0) is 14.8. The van der Waals surface area contributed by atoms with Crippen LogP contribution in [0.3, 0.4) is 0 Å². The van der Waals surface area contributed by atoms with Gasteiger partial charge in [-0.3, -0.25) is 4.79 Å². The number of halogens is 1. The van der Waals surface area contributed by atoms with Gasteiger partial charge >= 0.3 is 0 Å². The fourth-order valence-electron chi connectivity index (χ4n) is 2.35. The van der Waals surface area contributed by atoms with Crippen LogP contribution in [0.15, 0.2) is 24.3 Å². The fraction of sp³-hybridized carbons (Fsp3) is 0.200. The summed E-state index contributed by atoms with van der Waals surface area (Å²) in [6.45, 7) is 1.65. The van der Waals surface area contributed by atoms with Gasteiger partial charge in [-0.1, -0.05) is 6.07 Å². The number of rotatable bonds is 2. The smallest absolute Gasteiger partial charge is 0.256 e. The number of carbonyl (C=O) groups excluding carboxylic acids is 1. The first kappa shape index (κ1) is 14.5. The van der Waals surface area contributed by atoms with Crippen molar-refractivity contribution in [1.82, 2.24) is 5.32 Å². The standard InChI is InChI=1S/C15H12IN3OS/c16-10-3-1-2-9(6-10)14(20)19-15-12(7-17)11-4-5-18-8-13(11)21-15/h1-3,6,18H,4-5,8H2,(H,19,20). The first-order chi connectivity index (χ1) is 10.2. The molecular formula is C15H12IN3OS. The Morgan fingerprint density at radius 3 is 3.10 bits per heavy atom. The normalized spacial score (nSPS) is 13.3. The van der Waals surface area contributed by atoms with E-state index in [9.17, 15) is 10.1 Å². The Labute approximate surface area is 140 Å². The fourth-order valence-corrected chi connectivity index (χ4v) is 4.05. The van der Waals surface area contributed by atoms with Crippen molar-refractivity contribution < 1.29 is 4.79 Å². The number of carbonyl (C=O) groups is 1. The average Bonchev–Trinajstić information content (AvgIpc) is 2.84. The second kappa shape index (κ2) is 6.13. The Morgan fingerprint density at radius 2 is 2.33 bits per heavy atom. The lowest BCUT2D eigenvalue weighted by molar-refractivity contribution is 0.102. The summed E-state index contributed by atoms with van der Waals surface area (Å²) in [6, 6.07) is 9.64. The molecule has 1 aromatic carbocycles. The molecule has 0 saturated carbocycles. The minimum absolute atomic E-state index is 0.170. The topological polar surface area (TPSA) is 64.9 Å².